The quantitative estimate of drug-likeness (QED) is 0.865. The van der Waals surface area contributed by atoms with Gasteiger partial charge >= 0.3 is 0 Å². The number of halogens is 1. The van der Waals surface area contributed by atoms with Crippen LogP contribution in [0.3, 0.4) is 0 Å². The first-order chi connectivity index (χ1) is 7.65. The van der Waals surface area contributed by atoms with E-state index in [4.69, 9.17) is 4.42 Å². The highest BCUT2D eigenvalue weighted by Gasteiger charge is 2.17. The summed E-state index contributed by atoms with van der Waals surface area (Å²) in [6, 6.07) is 6.32. The van der Waals surface area contributed by atoms with Crippen LogP contribution in [0.5, 0.6) is 0 Å². The summed E-state index contributed by atoms with van der Waals surface area (Å²) in [5, 5.41) is 4.42. The Morgan fingerprint density at radius 3 is 2.75 bits per heavy atom. The lowest BCUT2D eigenvalue weighted by atomic mass is 9.99. The first-order valence-corrected chi connectivity index (χ1v) is 6.57. The van der Waals surface area contributed by atoms with Gasteiger partial charge in [-0.1, -0.05) is 26.0 Å². The molecule has 0 unspecified atom stereocenters. The van der Waals surface area contributed by atoms with Crippen LogP contribution in [-0.2, 0) is 6.54 Å². The van der Waals surface area contributed by atoms with E-state index >= 15 is 0 Å². The van der Waals surface area contributed by atoms with Gasteiger partial charge in [0.15, 0.2) is 0 Å². The fraction of sp³-hybridized carbons (Fsp3) is 0.385. The highest BCUT2D eigenvalue weighted by atomic mass is 127. The van der Waals surface area contributed by atoms with Crippen LogP contribution in [-0.4, -0.2) is 7.05 Å². The highest BCUT2D eigenvalue weighted by Crippen LogP contribution is 2.33. The zero-order valence-corrected chi connectivity index (χ0v) is 12.0. The van der Waals surface area contributed by atoms with Gasteiger partial charge in [0.2, 0.25) is 0 Å². The molecule has 1 aromatic carbocycles. The molecule has 0 saturated heterocycles. The topological polar surface area (TPSA) is 25.2 Å². The normalized spacial score (nSPS) is 11.6. The molecule has 0 saturated carbocycles. The second kappa shape index (κ2) is 4.75. The molecule has 1 N–H and O–H groups in total. The van der Waals surface area contributed by atoms with Crippen molar-refractivity contribution >= 4 is 33.6 Å². The molecule has 2 nitrogen and oxygen atoms in total. The van der Waals surface area contributed by atoms with Gasteiger partial charge in [-0.05, 0) is 41.6 Å². The van der Waals surface area contributed by atoms with E-state index in [1.165, 1.54) is 14.5 Å². The summed E-state index contributed by atoms with van der Waals surface area (Å²) in [4.78, 5) is 0. The van der Waals surface area contributed by atoms with Crippen molar-refractivity contribution in [2.45, 2.75) is 26.3 Å². The monoisotopic (exact) mass is 329 g/mol. The van der Waals surface area contributed by atoms with Crippen LogP contribution in [0.4, 0.5) is 0 Å². The van der Waals surface area contributed by atoms with E-state index in [2.05, 4.69) is 60.0 Å². The first kappa shape index (κ1) is 11.9. The van der Waals surface area contributed by atoms with E-state index in [1.807, 2.05) is 7.05 Å². The average Bonchev–Trinajstić information content (AvgIpc) is 2.58. The minimum atomic E-state index is 0.489. The average molecular weight is 329 g/mol. The van der Waals surface area contributed by atoms with Crippen LogP contribution in [0.25, 0.3) is 11.0 Å². The fourth-order valence-electron chi connectivity index (χ4n) is 2.08. The van der Waals surface area contributed by atoms with Crippen molar-refractivity contribution in [1.82, 2.24) is 5.32 Å². The molecule has 0 aliphatic heterocycles. The third-order valence-electron chi connectivity index (χ3n) is 2.70. The molecule has 0 radical (unpaired) electrons. The molecular formula is C13H16INO. The molecule has 2 rings (SSSR count). The second-order valence-corrected chi connectivity index (χ2v) is 5.40. The lowest BCUT2D eigenvalue weighted by molar-refractivity contribution is 0.519. The summed E-state index contributed by atoms with van der Waals surface area (Å²) in [5.41, 5.74) is 2.36. The van der Waals surface area contributed by atoms with Crippen molar-refractivity contribution in [3.63, 3.8) is 0 Å². The number of hydrogen-bond donors (Lipinski definition) is 1. The zero-order chi connectivity index (χ0) is 11.7. The van der Waals surface area contributed by atoms with Crippen molar-refractivity contribution in [1.29, 1.82) is 0 Å². The Bertz CT molecular complexity index is 502. The SMILES string of the molecule is CNCc1oc2c(I)cccc2c1C(C)C. The van der Waals surface area contributed by atoms with Crippen LogP contribution in [0.1, 0.15) is 31.1 Å². The molecule has 0 aliphatic carbocycles. The number of para-hydroxylation sites is 1. The van der Waals surface area contributed by atoms with Crippen molar-refractivity contribution < 1.29 is 4.42 Å². The van der Waals surface area contributed by atoms with Gasteiger partial charge in [0.25, 0.3) is 0 Å². The van der Waals surface area contributed by atoms with Gasteiger partial charge < -0.3 is 9.73 Å². The molecule has 2 aromatic rings. The minimum absolute atomic E-state index is 0.489. The molecule has 1 heterocycles. The van der Waals surface area contributed by atoms with Gasteiger partial charge in [-0.2, -0.15) is 0 Å². The third-order valence-corrected chi connectivity index (χ3v) is 3.55. The Labute approximate surface area is 110 Å². The van der Waals surface area contributed by atoms with Gasteiger partial charge in [-0.15, -0.1) is 0 Å². The van der Waals surface area contributed by atoms with E-state index in [9.17, 15) is 0 Å². The van der Waals surface area contributed by atoms with Crippen molar-refractivity contribution in [3.8, 4) is 0 Å². The van der Waals surface area contributed by atoms with E-state index in [-0.39, 0.29) is 0 Å². The van der Waals surface area contributed by atoms with E-state index in [0.29, 0.717) is 5.92 Å². The summed E-state index contributed by atoms with van der Waals surface area (Å²) in [6.45, 7) is 5.21. The Kier molecular flexibility index (Phi) is 3.54. The number of furan rings is 1. The molecule has 0 bridgehead atoms. The summed E-state index contributed by atoms with van der Waals surface area (Å²) in [6.07, 6.45) is 0. The van der Waals surface area contributed by atoms with E-state index in [0.717, 1.165) is 17.9 Å². The summed E-state index contributed by atoms with van der Waals surface area (Å²) in [7, 11) is 1.95. The molecular weight excluding hydrogens is 313 g/mol. The van der Waals surface area contributed by atoms with Gasteiger partial charge in [-0.25, -0.2) is 0 Å². The number of rotatable bonds is 3. The maximum Gasteiger partial charge on any atom is 0.147 e. The van der Waals surface area contributed by atoms with Crippen LogP contribution < -0.4 is 5.32 Å². The smallest absolute Gasteiger partial charge is 0.147 e. The van der Waals surface area contributed by atoms with Gasteiger partial charge in [-0.3, -0.25) is 0 Å². The number of nitrogens with one attached hydrogen (secondary N) is 1. The van der Waals surface area contributed by atoms with Crippen LogP contribution >= 0.6 is 22.6 Å². The van der Waals surface area contributed by atoms with Gasteiger partial charge in [0.1, 0.15) is 11.3 Å². The third kappa shape index (κ3) is 1.98. The molecule has 0 atom stereocenters. The predicted molar refractivity (Wildman–Crippen MR) is 75.8 cm³/mol. The summed E-state index contributed by atoms with van der Waals surface area (Å²) in [5.74, 6) is 1.56. The molecule has 1 aromatic heterocycles. The van der Waals surface area contributed by atoms with E-state index < -0.39 is 0 Å². The Hall–Kier alpha value is -0.550. The van der Waals surface area contributed by atoms with Gasteiger partial charge in [0, 0.05) is 10.9 Å². The van der Waals surface area contributed by atoms with Crippen molar-refractivity contribution in [2.24, 2.45) is 0 Å². The molecule has 0 spiro atoms. The second-order valence-electron chi connectivity index (χ2n) is 4.24. The van der Waals surface area contributed by atoms with Gasteiger partial charge in [0.05, 0.1) is 10.1 Å². The summed E-state index contributed by atoms with van der Waals surface area (Å²) < 4.78 is 7.14. The molecule has 3 heteroatoms. The lowest BCUT2D eigenvalue weighted by Gasteiger charge is -2.05. The van der Waals surface area contributed by atoms with E-state index in [1.54, 1.807) is 0 Å². The Balaban J connectivity index is 2.70. The zero-order valence-electron chi connectivity index (χ0n) is 9.80. The van der Waals surface area contributed by atoms with Crippen LogP contribution in [0.15, 0.2) is 22.6 Å². The maximum absolute atomic E-state index is 5.96. The Morgan fingerprint density at radius 1 is 1.38 bits per heavy atom. The maximum atomic E-state index is 5.96. The highest BCUT2D eigenvalue weighted by molar-refractivity contribution is 14.1. The van der Waals surface area contributed by atoms with Crippen molar-refractivity contribution in [2.75, 3.05) is 7.05 Å². The fourth-order valence-corrected chi connectivity index (χ4v) is 2.69. The summed E-state index contributed by atoms with van der Waals surface area (Å²) >= 11 is 2.33. The lowest BCUT2D eigenvalue weighted by Crippen LogP contribution is -2.06. The molecule has 16 heavy (non-hydrogen) atoms. The molecule has 0 fully saturated rings. The molecule has 0 amide bonds. The van der Waals surface area contributed by atoms with Crippen LogP contribution in [0.2, 0.25) is 0 Å². The van der Waals surface area contributed by atoms with Crippen molar-refractivity contribution in [3.05, 3.63) is 33.1 Å². The van der Waals surface area contributed by atoms with Crippen LogP contribution in [0, 0.1) is 3.57 Å². The molecule has 0 aliphatic rings. The minimum Gasteiger partial charge on any atom is -0.458 e. The first-order valence-electron chi connectivity index (χ1n) is 5.49. The standard InChI is InChI=1S/C13H16INO/c1-8(2)12-9-5-4-6-10(14)13(9)16-11(12)7-15-3/h4-6,8,15H,7H2,1-3H3. The molecule has 86 valence electrons. The predicted octanol–water partition coefficient (Wildman–Crippen LogP) is 3.88. The number of fused-ring (bicyclic) bond motifs is 1. The Morgan fingerprint density at radius 2 is 2.12 bits per heavy atom. The number of benzene rings is 1. The number of hydrogen-bond acceptors (Lipinski definition) is 2. The largest absolute Gasteiger partial charge is 0.458 e.